The zero-order valence-electron chi connectivity index (χ0n) is 14.0. The van der Waals surface area contributed by atoms with Crippen LogP contribution in [0.2, 0.25) is 0 Å². The van der Waals surface area contributed by atoms with Gasteiger partial charge in [0.2, 0.25) is 5.91 Å². The minimum Gasteiger partial charge on any atom is -0.356 e. The number of nitrogens with two attached hydrogens (primary N) is 1. The molecule has 1 aliphatic carbocycles. The van der Waals surface area contributed by atoms with Crippen molar-refractivity contribution in [2.45, 2.75) is 96.4 Å². The average molecular weight is 296 g/mol. The smallest absolute Gasteiger partial charge is 0.220 e. The Morgan fingerprint density at radius 2 is 1.62 bits per heavy atom. The van der Waals surface area contributed by atoms with Gasteiger partial charge in [0.15, 0.2) is 0 Å². The second kappa shape index (κ2) is 12.0. The topological polar surface area (TPSA) is 55.1 Å². The molecule has 1 aliphatic rings. The molecule has 0 aromatic heterocycles. The number of unbranched alkanes of at least 4 members (excludes halogenated alkanes) is 8. The Balaban J connectivity index is 1.85. The zero-order chi connectivity index (χ0) is 15.3. The summed E-state index contributed by atoms with van der Waals surface area (Å²) in [7, 11) is 0. The second-order valence-electron chi connectivity index (χ2n) is 6.74. The lowest BCUT2D eigenvalue weighted by Crippen LogP contribution is -2.35. The van der Waals surface area contributed by atoms with Crippen LogP contribution in [-0.2, 0) is 4.79 Å². The van der Waals surface area contributed by atoms with Crippen molar-refractivity contribution in [2.24, 2.45) is 11.7 Å². The van der Waals surface area contributed by atoms with Crippen LogP contribution in [0.5, 0.6) is 0 Å². The van der Waals surface area contributed by atoms with Crippen LogP contribution in [0.25, 0.3) is 0 Å². The summed E-state index contributed by atoms with van der Waals surface area (Å²) in [4.78, 5) is 11.8. The minimum atomic E-state index is 0.219. The van der Waals surface area contributed by atoms with Crippen LogP contribution in [-0.4, -0.2) is 18.5 Å². The first-order valence-corrected chi connectivity index (χ1v) is 9.26. The van der Waals surface area contributed by atoms with E-state index < -0.39 is 0 Å². The Morgan fingerprint density at radius 1 is 1.00 bits per heavy atom. The predicted octanol–water partition coefficient (Wildman–Crippen LogP) is 4.15. The van der Waals surface area contributed by atoms with Gasteiger partial charge in [0.25, 0.3) is 0 Å². The summed E-state index contributed by atoms with van der Waals surface area (Å²) in [6.45, 7) is 3.04. The Labute approximate surface area is 131 Å². The average Bonchev–Trinajstić information content (AvgIpc) is 2.89. The zero-order valence-corrected chi connectivity index (χ0v) is 14.0. The van der Waals surface area contributed by atoms with Gasteiger partial charge >= 0.3 is 0 Å². The molecule has 1 saturated carbocycles. The van der Waals surface area contributed by atoms with E-state index in [1.807, 2.05) is 0 Å². The van der Waals surface area contributed by atoms with Gasteiger partial charge in [-0.15, -0.1) is 0 Å². The number of hydrogen-bond donors (Lipinski definition) is 2. The summed E-state index contributed by atoms with van der Waals surface area (Å²) in [5, 5.41) is 3.06. The fraction of sp³-hybridized carbons (Fsp3) is 0.944. The lowest BCUT2D eigenvalue weighted by atomic mass is 10.0. The van der Waals surface area contributed by atoms with Gasteiger partial charge in [0, 0.05) is 19.0 Å². The lowest BCUT2D eigenvalue weighted by molar-refractivity contribution is -0.121. The van der Waals surface area contributed by atoms with Crippen molar-refractivity contribution < 1.29 is 4.79 Å². The van der Waals surface area contributed by atoms with E-state index in [0.29, 0.717) is 18.4 Å². The van der Waals surface area contributed by atoms with E-state index in [1.165, 1.54) is 64.2 Å². The van der Waals surface area contributed by atoms with Crippen LogP contribution < -0.4 is 11.1 Å². The first kappa shape index (κ1) is 18.5. The highest BCUT2D eigenvalue weighted by Gasteiger charge is 2.23. The maximum absolute atomic E-state index is 11.8. The molecule has 3 heteroatoms. The van der Waals surface area contributed by atoms with Gasteiger partial charge in [0.1, 0.15) is 0 Å². The van der Waals surface area contributed by atoms with E-state index in [2.05, 4.69) is 12.2 Å². The molecule has 0 spiro atoms. The third-order valence-electron chi connectivity index (χ3n) is 4.79. The molecule has 21 heavy (non-hydrogen) atoms. The minimum absolute atomic E-state index is 0.219. The third-order valence-corrected chi connectivity index (χ3v) is 4.79. The quantitative estimate of drug-likeness (QED) is 0.531. The van der Waals surface area contributed by atoms with Gasteiger partial charge in [-0.25, -0.2) is 0 Å². The molecule has 1 fully saturated rings. The summed E-state index contributed by atoms with van der Waals surface area (Å²) < 4.78 is 0. The van der Waals surface area contributed by atoms with E-state index in [-0.39, 0.29) is 5.91 Å². The van der Waals surface area contributed by atoms with Gasteiger partial charge < -0.3 is 11.1 Å². The molecule has 0 aromatic rings. The molecule has 1 amide bonds. The van der Waals surface area contributed by atoms with Crippen molar-refractivity contribution in [2.75, 3.05) is 6.54 Å². The summed E-state index contributed by atoms with van der Waals surface area (Å²) in [5.41, 5.74) is 6.01. The third kappa shape index (κ3) is 9.13. The number of nitrogens with one attached hydrogen (secondary N) is 1. The number of carbonyl (C=O) groups is 1. The molecule has 0 aromatic carbocycles. The second-order valence-corrected chi connectivity index (χ2v) is 6.74. The molecule has 1 rings (SSSR count). The summed E-state index contributed by atoms with van der Waals surface area (Å²) in [6.07, 6.45) is 15.9. The Kier molecular flexibility index (Phi) is 10.6. The molecule has 0 aliphatic heterocycles. The van der Waals surface area contributed by atoms with Crippen LogP contribution >= 0.6 is 0 Å². The van der Waals surface area contributed by atoms with Crippen molar-refractivity contribution in [1.29, 1.82) is 0 Å². The number of amides is 1. The maximum atomic E-state index is 11.8. The first-order chi connectivity index (χ1) is 10.2. The van der Waals surface area contributed by atoms with Crippen LogP contribution in [0.15, 0.2) is 0 Å². The molecule has 3 N–H and O–H groups in total. The molecule has 0 radical (unpaired) electrons. The first-order valence-electron chi connectivity index (χ1n) is 9.26. The van der Waals surface area contributed by atoms with Gasteiger partial charge in [-0.1, -0.05) is 64.7 Å². The predicted molar refractivity (Wildman–Crippen MR) is 90.2 cm³/mol. The summed E-state index contributed by atoms with van der Waals surface area (Å²) >= 11 is 0. The highest BCUT2D eigenvalue weighted by molar-refractivity contribution is 5.75. The SMILES string of the molecule is CCCCCCCCCCCC(=O)NCC1CCCC1N. The fourth-order valence-electron chi connectivity index (χ4n) is 3.25. The Morgan fingerprint density at radius 3 is 2.19 bits per heavy atom. The van der Waals surface area contributed by atoms with Gasteiger partial charge in [0.05, 0.1) is 0 Å². The molecular formula is C18H36N2O. The molecule has 0 heterocycles. The van der Waals surface area contributed by atoms with Gasteiger partial charge in [-0.05, 0) is 25.2 Å². The highest BCUT2D eigenvalue weighted by Crippen LogP contribution is 2.23. The van der Waals surface area contributed by atoms with Crippen LogP contribution in [0.3, 0.4) is 0 Å². The van der Waals surface area contributed by atoms with Crippen LogP contribution in [0.4, 0.5) is 0 Å². The largest absolute Gasteiger partial charge is 0.356 e. The normalized spacial score (nSPS) is 21.6. The lowest BCUT2D eigenvalue weighted by Gasteiger charge is -2.15. The molecule has 124 valence electrons. The van der Waals surface area contributed by atoms with Crippen molar-refractivity contribution >= 4 is 5.91 Å². The van der Waals surface area contributed by atoms with Crippen LogP contribution in [0.1, 0.15) is 90.4 Å². The maximum Gasteiger partial charge on any atom is 0.220 e. The number of rotatable bonds is 12. The molecule has 2 unspecified atom stereocenters. The Bertz CT molecular complexity index is 268. The Hall–Kier alpha value is -0.570. The molecular weight excluding hydrogens is 260 g/mol. The van der Waals surface area contributed by atoms with Gasteiger partial charge in [-0.3, -0.25) is 4.79 Å². The number of hydrogen-bond acceptors (Lipinski definition) is 2. The monoisotopic (exact) mass is 296 g/mol. The van der Waals surface area contributed by atoms with Crippen LogP contribution in [0, 0.1) is 5.92 Å². The van der Waals surface area contributed by atoms with Crippen molar-refractivity contribution in [3.63, 3.8) is 0 Å². The number of carbonyl (C=O) groups excluding carboxylic acids is 1. The van der Waals surface area contributed by atoms with E-state index >= 15 is 0 Å². The standard InChI is InChI=1S/C18H36N2O/c1-2-3-4-5-6-7-8-9-10-14-18(21)20-15-16-12-11-13-17(16)19/h16-17H,2-15,19H2,1H3,(H,20,21). The highest BCUT2D eigenvalue weighted by atomic mass is 16.1. The molecule has 2 atom stereocenters. The molecule has 3 nitrogen and oxygen atoms in total. The van der Waals surface area contributed by atoms with Crippen molar-refractivity contribution in [1.82, 2.24) is 5.32 Å². The van der Waals surface area contributed by atoms with Gasteiger partial charge in [-0.2, -0.15) is 0 Å². The fourth-order valence-corrected chi connectivity index (χ4v) is 3.25. The van der Waals surface area contributed by atoms with Crippen molar-refractivity contribution in [3.05, 3.63) is 0 Å². The molecule has 0 bridgehead atoms. The summed E-state index contributed by atoms with van der Waals surface area (Å²) in [5.74, 6) is 0.731. The van der Waals surface area contributed by atoms with E-state index in [9.17, 15) is 4.79 Å². The van der Waals surface area contributed by atoms with E-state index in [0.717, 1.165) is 19.4 Å². The van der Waals surface area contributed by atoms with Crippen molar-refractivity contribution in [3.8, 4) is 0 Å². The van der Waals surface area contributed by atoms with E-state index in [1.54, 1.807) is 0 Å². The van der Waals surface area contributed by atoms with E-state index in [4.69, 9.17) is 5.73 Å². The summed E-state index contributed by atoms with van der Waals surface area (Å²) in [6, 6.07) is 0.304. The molecule has 0 saturated heterocycles.